The number of nitrogens with zero attached hydrogens (tertiary/aromatic N) is 2. The lowest BCUT2D eigenvalue weighted by Crippen LogP contribution is -2.26. The third kappa shape index (κ3) is 2.27. The van der Waals surface area contributed by atoms with Gasteiger partial charge >= 0.3 is 0 Å². The fourth-order valence-electron chi connectivity index (χ4n) is 2.07. The molecule has 3 rings (SSSR count). The first-order valence-corrected chi connectivity index (χ1v) is 6.36. The number of rotatable bonds is 4. The molecule has 2 aromatic heterocycles. The van der Waals surface area contributed by atoms with E-state index in [0.29, 0.717) is 24.5 Å². The number of aromatic nitrogens is 2. The highest BCUT2D eigenvalue weighted by molar-refractivity contribution is 6.05. The zero-order chi connectivity index (χ0) is 13.9. The van der Waals surface area contributed by atoms with Crippen molar-refractivity contribution in [3.05, 3.63) is 30.6 Å². The summed E-state index contributed by atoms with van der Waals surface area (Å²) >= 11 is 0. The highest BCUT2D eigenvalue weighted by Crippen LogP contribution is 2.29. The molecule has 2 N–H and O–H groups in total. The first kappa shape index (κ1) is 12.4. The number of fused-ring (bicyclic) bond motifs is 3. The van der Waals surface area contributed by atoms with Gasteiger partial charge in [0.05, 0.1) is 0 Å². The summed E-state index contributed by atoms with van der Waals surface area (Å²) in [6, 6.07) is 7.73. The van der Waals surface area contributed by atoms with Crippen LogP contribution in [-0.2, 0) is 4.79 Å². The number of furan rings is 1. The number of nitrogens with one attached hydrogen (secondary N) is 2. The van der Waals surface area contributed by atoms with E-state index in [9.17, 15) is 4.79 Å². The van der Waals surface area contributed by atoms with Crippen LogP contribution in [0.5, 0.6) is 0 Å². The summed E-state index contributed by atoms with van der Waals surface area (Å²) in [5, 5.41) is 6.83. The predicted molar refractivity (Wildman–Crippen MR) is 76.5 cm³/mol. The van der Waals surface area contributed by atoms with E-state index in [-0.39, 0.29) is 5.91 Å². The Morgan fingerprint density at radius 1 is 1.25 bits per heavy atom. The third-order valence-corrected chi connectivity index (χ3v) is 2.95. The van der Waals surface area contributed by atoms with Gasteiger partial charge in [-0.15, -0.1) is 0 Å². The van der Waals surface area contributed by atoms with Crippen molar-refractivity contribution < 1.29 is 9.21 Å². The van der Waals surface area contributed by atoms with E-state index in [1.807, 2.05) is 24.3 Å². The van der Waals surface area contributed by atoms with Gasteiger partial charge in [0.2, 0.25) is 5.91 Å². The third-order valence-electron chi connectivity index (χ3n) is 2.95. The number of anilines is 1. The van der Waals surface area contributed by atoms with E-state index < -0.39 is 0 Å². The van der Waals surface area contributed by atoms with Crippen molar-refractivity contribution in [2.75, 3.05) is 18.4 Å². The molecule has 0 atom stereocenters. The van der Waals surface area contributed by atoms with Crippen LogP contribution in [0, 0.1) is 0 Å². The van der Waals surface area contributed by atoms with Crippen LogP contribution in [0.4, 0.5) is 5.82 Å². The molecule has 0 aliphatic rings. The molecule has 2 heterocycles. The van der Waals surface area contributed by atoms with Crippen molar-refractivity contribution >= 4 is 33.8 Å². The molecule has 0 fully saturated rings. The molecule has 0 radical (unpaired) electrons. The Morgan fingerprint density at radius 3 is 2.95 bits per heavy atom. The van der Waals surface area contributed by atoms with Crippen LogP contribution in [0.25, 0.3) is 22.1 Å². The zero-order valence-electron chi connectivity index (χ0n) is 11.0. The molecule has 1 amide bonds. The second-order valence-electron chi connectivity index (χ2n) is 4.41. The van der Waals surface area contributed by atoms with Gasteiger partial charge in [-0.25, -0.2) is 9.97 Å². The molecule has 102 valence electrons. The van der Waals surface area contributed by atoms with Gasteiger partial charge in [0.1, 0.15) is 17.4 Å². The average molecular weight is 270 g/mol. The number of hydrogen-bond acceptors (Lipinski definition) is 5. The lowest BCUT2D eigenvalue weighted by molar-refractivity contribution is -0.118. The van der Waals surface area contributed by atoms with Crippen LogP contribution in [0.3, 0.4) is 0 Å². The van der Waals surface area contributed by atoms with E-state index in [0.717, 1.165) is 16.5 Å². The van der Waals surface area contributed by atoms with Gasteiger partial charge in [-0.1, -0.05) is 12.1 Å². The lowest BCUT2D eigenvalue weighted by Gasteiger charge is -2.05. The van der Waals surface area contributed by atoms with E-state index >= 15 is 0 Å². The van der Waals surface area contributed by atoms with E-state index in [2.05, 4.69) is 20.6 Å². The fourth-order valence-corrected chi connectivity index (χ4v) is 2.07. The molecule has 3 aromatic rings. The molecule has 6 nitrogen and oxygen atoms in total. The molecular weight excluding hydrogens is 256 g/mol. The fraction of sp³-hybridized carbons (Fsp3) is 0.214. The van der Waals surface area contributed by atoms with Crippen LogP contribution in [0.1, 0.15) is 6.92 Å². The molecule has 0 spiro atoms. The summed E-state index contributed by atoms with van der Waals surface area (Å²) in [4.78, 5) is 19.3. The maximum atomic E-state index is 10.8. The minimum Gasteiger partial charge on any atom is -0.450 e. The van der Waals surface area contributed by atoms with Crippen molar-refractivity contribution in [3.8, 4) is 0 Å². The summed E-state index contributed by atoms with van der Waals surface area (Å²) in [6.45, 7) is 2.59. The second kappa shape index (κ2) is 5.16. The highest BCUT2D eigenvalue weighted by atomic mass is 16.3. The van der Waals surface area contributed by atoms with Gasteiger partial charge in [0, 0.05) is 25.4 Å². The van der Waals surface area contributed by atoms with Crippen LogP contribution in [0.15, 0.2) is 35.0 Å². The van der Waals surface area contributed by atoms with Crippen molar-refractivity contribution in [2.24, 2.45) is 0 Å². The molecule has 0 saturated heterocycles. The second-order valence-corrected chi connectivity index (χ2v) is 4.41. The Labute approximate surface area is 115 Å². The highest BCUT2D eigenvalue weighted by Gasteiger charge is 2.12. The Morgan fingerprint density at radius 2 is 2.10 bits per heavy atom. The number of benzene rings is 1. The molecule has 0 unspecified atom stereocenters. The number of hydrogen-bond donors (Lipinski definition) is 2. The molecule has 0 saturated carbocycles. The summed E-state index contributed by atoms with van der Waals surface area (Å²) < 4.78 is 5.79. The monoisotopic (exact) mass is 270 g/mol. The summed E-state index contributed by atoms with van der Waals surface area (Å²) in [5.41, 5.74) is 2.21. The largest absolute Gasteiger partial charge is 0.450 e. The van der Waals surface area contributed by atoms with Crippen LogP contribution >= 0.6 is 0 Å². The molecule has 6 heteroatoms. The summed E-state index contributed by atoms with van der Waals surface area (Å²) in [7, 11) is 0. The zero-order valence-corrected chi connectivity index (χ0v) is 11.0. The molecule has 1 aromatic carbocycles. The number of para-hydroxylation sites is 1. The summed E-state index contributed by atoms with van der Waals surface area (Å²) in [5.74, 6) is 0.583. The Hall–Kier alpha value is -2.63. The topological polar surface area (TPSA) is 80.0 Å². The van der Waals surface area contributed by atoms with E-state index in [1.54, 1.807) is 0 Å². The molecular formula is C14H14N4O2. The van der Waals surface area contributed by atoms with Gasteiger partial charge in [0.25, 0.3) is 0 Å². The van der Waals surface area contributed by atoms with Crippen molar-refractivity contribution in [1.29, 1.82) is 0 Å². The molecule has 0 aliphatic carbocycles. The Balaban J connectivity index is 1.89. The quantitative estimate of drug-likeness (QED) is 0.708. The van der Waals surface area contributed by atoms with Crippen LogP contribution in [-0.4, -0.2) is 29.0 Å². The van der Waals surface area contributed by atoms with Gasteiger partial charge in [-0.05, 0) is 12.1 Å². The number of carbonyl (C=O) groups excluding carboxylic acids is 1. The van der Waals surface area contributed by atoms with Crippen LogP contribution < -0.4 is 10.6 Å². The van der Waals surface area contributed by atoms with Gasteiger partial charge < -0.3 is 15.1 Å². The van der Waals surface area contributed by atoms with Gasteiger partial charge in [-0.3, -0.25) is 4.79 Å². The Bertz CT molecular complexity index is 766. The predicted octanol–water partition coefficient (Wildman–Crippen LogP) is 1.92. The molecule has 0 aliphatic heterocycles. The van der Waals surface area contributed by atoms with E-state index in [4.69, 9.17) is 4.42 Å². The average Bonchev–Trinajstić information content (AvgIpc) is 2.83. The van der Waals surface area contributed by atoms with Crippen molar-refractivity contribution in [1.82, 2.24) is 15.3 Å². The van der Waals surface area contributed by atoms with Gasteiger partial charge in [-0.2, -0.15) is 0 Å². The van der Waals surface area contributed by atoms with Crippen molar-refractivity contribution in [3.63, 3.8) is 0 Å². The normalized spacial score (nSPS) is 10.8. The van der Waals surface area contributed by atoms with E-state index in [1.165, 1.54) is 13.3 Å². The Kier molecular flexibility index (Phi) is 3.20. The van der Waals surface area contributed by atoms with Crippen LogP contribution in [0.2, 0.25) is 0 Å². The first-order chi connectivity index (χ1) is 9.75. The smallest absolute Gasteiger partial charge is 0.216 e. The first-order valence-electron chi connectivity index (χ1n) is 6.36. The minimum absolute atomic E-state index is 0.0524. The number of carbonyl (C=O) groups is 1. The lowest BCUT2D eigenvalue weighted by atomic mass is 10.2. The molecule has 20 heavy (non-hydrogen) atoms. The maximum absolute atomic E-state index is 10.8. The maximum Gasteiger partial charge on any atom is 0.216 e. The van der Waals surface area contributed by atoms with Gasteiger partial charge in [0.15, 0.2) is 11.4 Å². The molecule has 0 bridgehead atoms. The van der Waals surface area contributed by atoms with Crippen molar-refractivity contribution in [2.45, 2.75) is 6.92 Å². The minimum atomic E-state index is -0.0524. The standard InChI is InChI=1S/C14H14N4O2/c1-9(19)15-6-7-16-14-13-12(17-8-18-14)10-4-2-3-5-11(10)20-13/h2-5,8H,6-7H2,1H3,(H,15,19)(H,16,17,18). The SMILES string of the molecule is CC(=O)NCCNc1ncnc2c1oc1ccccc12. The number of amides is 1. The summed E-state index contributed by atoms with van der Waals surface area (Å²) in [6.07, 6.45) is 1.50.